The van der Waals surface area contributed by atoms with E-state index in [9.17, 15) is 9.59 Å². The summed E-state index contributed by atoms with van der Waals surface area (Å²) in [5.41, 5.74) is 5.53. The topological polar surface area (TPSA) is 79.5 Å². The number of hydrogen-bond acceptors (Lipinski definition) is 4. The quantitative estimate of drug-likeness (QED) is 0.508. The molecule has 136 valence electrons. The third-order valence-corrected chi connectivity index (χ3v) is 4.69. The minimum atomic E-state index is -0.408. The Morgan fingerprint density at radius 3 is 2.64 bits per heavy atom. The van der Waals surface area contributed by atoms with Crippen LogP contribution in [0.4, 0.5) is 0 Å². The standard InChI is InChI=1S/C17H22BrN3O3S/c1-2-24-14-9-8-12(18)10-13(14)16(23)19-17(25)21-20-15(22)11-6-4-3-5-7-11/h8-11H,2-7H2,1H3,(H,20,22)(H2,19,21,23,25). The zero-order valence-electron chi connectivity index (χ0n) is 14.1. The van der Waals surface area contributed by atoms with Gasteiger partial charge in [0.25, 0.3) is 5.91 Å². The molecule has 2 rings (SSSR count). The highest BCUT2D eigenvalue weighted by Gasteiger charge is 2.21. The first kappa shape index (κ1) is 19.7. The Morgan fingerprint density at radius 1 is 1.24 bits per heavy atom. The van der Waals surface area contributed by atoms with Crippen LogP contribution in [-0.4, -0.2) is 23.5 Å². The number of hydrazine groups is 1. The molecule has 0 saturated heterocycles. The van der Waals surface area contributed by atoms with Crippen molar-refractivity contribution in [2.75, 3.05) is 6.61 Å². The molecule has 8 heteroatoms. The Bertz CT molecular complexity index is 648. The predicted octanol–water partition coefficient (Wildman–Crippen LogP) is 3.06. The number of hydrogen-bond donors (Lipinski definition) is 3. The first-order valence-electron chi connectivity index (χ1n) is 8.34. The lowest BCUT2D eigenvalue weighted by molar-refractivity contribution is -0.126. The molecule has 0 unspecified atom stereocenters. The molecule has 0 radical (unpaired) electrons. The number of amides is 2. The van der Waals surface area contributed by atoms with Crippen molar-refractivity contribution in [3.63, 3.8) is 0 Å². The predicted molar refractivity (Wildman–Crippen MR) is 103 cm³/mol. The maximum absolute atomic E-state index is 12.4. The summed E-state index contributed by atoms with van der Waals surface area (Å²) in [5, 5.41) is 2.58. The molecule has 1 aliphatic rings. The highest BCUT2D eigenvalue weighted by atomic mass is 79.9. The Morgan fingerprint density at radius 2 is 1.96 bits per heavy atom. The molecule has 6 nitrogen and oxygen atoms in total. The molecular formula is C17H22BrN3O3S. The smallest absolute Gasteiger partial charge is 0.261 e. The maximum Gasteiger partial charge on any atom is 0.261 e. The zero-order valence-corrected chi connectivity index (χ0v) is 16.5. The van der Waals surface area contributed by atoms with Crippen LogP contribution in [-0.2, 0) is 4.79 Å². The highest BCUT2D eigenvalue weighted by molar-refractivity contribution is 9.10. The molecule has 0 heterocycles. The van der Waals surface area contributed by atoms with E-state index in [0.717, 1.165) is 30.2 Å². The molecule has 1 aliphatic carbocycles. The lowest BCUT2D eigenvalue weighted by atomic mass is 9.89. The van der Waals surface area contributed by atoms with Crippen molar-refractivity contribution in [2.24, 2.45) is 5.92 Å². The van der Waals surface area contributed by atoms with Crippen LogP contribution in [0.5, 0.6) is 5.75 Å². The molecule has 0 atom stereocenters. The Hall–Kier alpha value is -1.67. The fourth-order valence-corrected chi connectivity index (χ4v) is 3.25. The Labute approximate surface area is 161 Å². The van der Waals surface area contributed by atoms with Gasteiger partial charge in [0.1, 0.15) is 5.75 Å². The van der Waals surface area contributed by atoms with E-state index in [1.54, 1.807) is 18.2 Å². The SMILES string of the molecule is CCOc1ccc(Br)cc1C(=O)NC(=S)NNC(=O)C1CCCCC1. The number of rotatable bonds is 4. The van der Waals surface area contributed by atoms with Crippen LogP contribution < -0.4 is 20.9 Å². The number of ether oxygens (including phenoxy) is 1. The van der Waals surface area contributed by atoms with Crippen LogP contribution >= 0.6 is 28.1 Å². The van der Waals surface area contributed by atoms with Crippen LogP contribution in [0.3, 0.4) is 0 Å². The monoisotopic (exact) mass is 427 g/mol. The molecule has 0 aliphatic heterocycles. The van der Waals surface area contributed by atoms with E-state index in [1.165, 1.54) is 6.42 Å². The van der Waals surface area contributed by atoms with Crippen molar-refractivity contribution in [1.29, 1.82) is 0 Å². The normalized spacial score (nSPS) is 14.5. The van der Waals surface area contributed by atoms with Crippen molar-refractivity contribution < 1.29 is 14.3 Å². The van der Waals surface area contributed by atoms with E-state index in [0.29, 0.717) is 17.9 Å². The van der Waals surface area contributed by atoms with E-state index in [2.05, 4.69) is 32.1 Å². The average Bonchev–Trinajstić information content (AvgIpc) is 2.62. The second-order valence-electron chi connectivity index (χ2n) is 5.81. The summed E-state index contributed by atoms with van der Waals surface area (Å²) in [4.78, 5) is 24.5. The van der Waals surface area contributed by atoms with Gasteiger partial charge in [-0.1, -0.05) is 35.2 Å². The number of benzene rings is 1. The summed E-state index contributed by atoms with van der Waals surface area (Å²) >= 11 is 8.42. The summed E-state index contributed by atoms with van der Waals surface area (Å²) in [6.07, 6.45) is 5.11. The van der Waals surface area contributed by atoms with Gasteiger partial charge < -0.3 is 4.74 Å². The Balaban J connectivity index is 1.88. The van der Waals surface area contributed by atoms with Gasteiger partial charge in [0.05, 0.1) is 12.2 Å². The van der Waals surface area contributed by atoms with Gasteiger partial charge in [-0.3, -0.25) is 25.8 Å². The number of nitrogens with one attached hydrogen (secondary N) is 3. The van der Waals surface area contributed by atoms with Crippen LogP contribution in [0.2, 0.25) is 0 Å². The van der Waals surface area contributed by atoms with Gasteiger partial charge in [-0.05, 0) is 50.2 Å². The summed E-state index contributed by atoms with van der Waals surface area (Å²) in [6.45, 7) is 2.29. The maximum atomic E-state index is 12.4. The summed E-state index contributed by atoms with van der Waals surface area (Å²) < 4.78 is 6.21. The zero-order chi connectivity index (χ0) is 18.2. The molecular weight excluding hydrogens is 406 g/mol. The van der Waals surface area contributed by atoms with Crippen LogP contribution in [0.15, 0.2) is 22.7 Å². The lowest BCUT2D eigenvalue weighted by Gasteiger charge is -2.21. The highest BCUT2D eigenvalue weighted by Crippen LogP contribution is 2.24. The second kappa shape index (κ2) is 9.72. The molecule has 1 fully saturated rings. The summed E-state index contributed by atoms with van der Waals surface area (Å²) in [5.74, 6) is -0.0189. The number of thiocarbonyl (C=S) groups is 1. The Kier molecular flexibility index (Phi) is 7.64. The van der Waals surface area contributed by atoms with Crippen LogP contribution in [0.25, 0.3) is 0 Å². The second-order valence-corrected chi connectivity index (χ2v) is 7.13. The minimum Gasteiger partial charge on any atom is -0.493 e. The molecule has 1 saturated carbocycles. The third kappa shape index (κ3) is 5.97. The fourth-order valence-electron chi connectivity index (χ4n) is 2.75. The van der Waals surface area contributed by atoms with Gasteiger partial charge in [-0.15, -0.1) is 0 Å². The van der Waals surface area contributed by atoms with Gasteiger partial charge in [-0.25, -0.2) is 0 Å². The number of halogens is 1. The fraction of sp³-hybridized carbons (Fsp3) is 0.471. The molecule has 3 N–H and O–H groups in total. The van der Waals surface area contributed by atoms with E-state index in [1.807, 2.05) is 6.92 Å². The van der Waals surface area contributed by atoms with Crippen LogP contribution in [0.1, 0.15) is 49.4 Å². The number of carbonyl (C=O) groups is 2. The van der Waals surface area contributed by atoms with E-state index in [-0.39, 0.29) is 16.9 Å². The molecule has 0 aromatic heterocycles. The largest absolute Gasteiger partial charge is 0.493 e. The van der Waals surface area contributed by atoms with Crippen LogP contribution in [0, 0.1) is 5.92 Å². The number of carbonyl (C=O) groups excluding carboxylic acids is 2. The molecule has 1 aromatic carbocycles. The van der Waals surface area contributed by atoms with Crippen molar-refractivity contribution in [1.82, 2.24) is 16.2 Å². The first-order valence-corrected chi connectivity index (χ1v) is 9.55. The average molecular weight is 428 g/mol. The van der Waals surface area contributed by atoms with Gasteiger partial charge in [0.2, 0.25) is 5.91 Å². The van der Waals surface area contributed by atoms with E-state index < -0.39 is 5.91 Å². The van der Waals surface area contributed by atoms with E-state index >= 15 is 0 Å². The summed E-state index contributed by atoms with van der Waals surface area (Å²) in [6, 6.07) is 5.16. The van der Waals surface area contributed by atoms with Crippen molar-refractivity contribution in [2.45, 2.75) is 39.0 Å². The van der Waals surface area contributed by atoms with Crippen molar-refractivity contribution in [3.8, 4) is 5.75 Å². The van der Waals surface area contributed by atoms with Gasteiger partial charge >= 0.3 is 0 Å². The molecule has 1 aromatic rings. The summed E-state index contributed by atoms with van der Waals surface area (Å²) in [7, 11) is 0. The lowest BCUT2D eigenvalue weighted by Crippen LogP contribution is -2.50. The van der Waals surface area contributed by atoms with Gasteiger partial charge in [-0.2, -0.15) is 0 Å². The molecule has 2 amide bonds. The van der Waals surface area contributed by atoms with Crippen molar-refractivity contribution >= 4 is 45.1 Å². The van der Waals surface area contributed by atoms with Crippen molar-refractivity contribution in [3.05, 3.63) is 28.2 Å². The molecule has 0 bridgehead atoms. The molecule has 25 heavy (non-hydrogen) atoms. The van der Waals surface area contributed by atoms with E-state index in [4.69, 9.17) is 17.0 Å². The third-order valence-electron chi connectivity index (χ3n) is 3.99. The van der Waals surface area contributed by atoms with Gasteiger partial charge in [0, 0.05) is 10.4 Å². The first-order chi connectivity index (χ1) is 12.0. The van der Waals surface area contributed by atoms with Gasteiger partial charge in [0.15, 0.2) is 5.11 Å². The minimum absolute atomic E-state index is 0.00869. The molecule has 0 spiro atoms.